The van der Waals surface area contributed by atoms with Gasteiger partial charge in [-0.1, -0.05) is 43.7 Å². The SMILES string of the molecule is Cc1cccc(C2(C(=O)Nc3ccc(OCCN4C[C@H](C)C[C@@H](C)C4)cc3)CCOCC2)c1. The van der Waals surface area contributed by atoms with Crippen LogP contribution in [0.2, 0.25) is 0 Å². The molecule has 2 fully saturated rings. The smallest absolute Gasteiger partial charge is 0.235 e. The van der Waals surface area contributed by atoms with Gasteiger partial charge in [-0.3, -0.25) is 9.69 Å². The summed E-state index contributed by atoms with van der Waals surface area (Å²) in [7, 11) is 0. The standard InChI is InChI=1S/C28H38N2O3/c1-21-5-4-6-24(18-21)28(11-14-32-15-12-28)27(31)29-25-7-9-26(10-8-25)33-16-13-30-19-22(2)17-23(3)20-30/h4-10,18,22-23H,11-17,19-20H2,1-3H3,(H,29,31)/t22-,23-/m1/s1. The van der Waals surface area contributed by atoms with Crippen LogP contribution in [0.4, 0.5) is 5.69 Å². The molecule has 2 atom stereocenters. The quantitative estimate of drug-likeness (QED) is 0.642. The summed E-state index contributed by atoms with van der Waals surface area (Å²) in [4.78, 5) is 16.0. The molecule has 2 saturated heterocycles. The predicted molar refractivity (Wildman–Crippen MR) is 133 cm³/mol. The molecule has 0 unspecified atom stereocenters. The number of carbonyl (C=O) groups is 1. The van der Waals surface area contributed by atoms with Crippen LogP contribution in [0, 0.1) is 18.8 Å². The number of nitrogens with zero attached hydrogens (tertiary/aromatic N) is 1. The number of ether oxygens (including phenoxy) is 2. The van der Waals surface area contributed by atoms with Crippen molar-refractivity contribution in [2.24, 2.45) is 11.8 Å². The minimum Gasteiger partial charge on any atom is -0.492 e. The minimum atomic E-state index is -0.553. The van der Waals surface area contributed by atoms with E-state index in [1.165, 1.54) is 12.0 Å². The zero-order valence-corrected chi connectivity index (χ0v) is 20.3. The fraction of sp³-hybridized carbons (Fsp3) is 0.536. The maximum Gasteiger partial charge on any atom is 0.235 e. The number of piperidine rings is 1. The lowest BCUT2D eigenvalue weighted by Gasteiger charge is -2.36. The van der Waals surface area contributed by atoms with Crippen LogP contribution in [0.1, 0.15) is 44.2 Å². The van der Waals surface area contributed by atoms with Gasteiger partial charge in [0.2, 0.25) is 5.91 Å². The molecule has 178 valence electrons. The average molecular weight is 451 g/mol. The molecular formula is C28H38N2O3. The van der Waals surface area contributed by atoms with E-state index in [0.29, 0.717) is 32.7 Å². The molecule has 2 heterocycles. The first-order valence-corrected chi connectivity index (χ1v) is 12.4. The summed E-state index contributed by atoms with van der Waals surface area (Å²) < 4.78 is 11.6. The van der Waals surface area contributed by atoms with E-state index in [1.807, 2.05) is 30.3 Å². The van der Waals surface area contributed by atoms with Gasteiger partial charge in [-0.25, -0.2) is 0 Å². The zero-order valence-electron chi connectivity index (χ0n) is 20.3. The number of rotatable bonds is 7. The van der Waals surface area contributed by atoms with Gasteiger partial charge in [0.25, 0.3) is 0 Å². The Hall–Kier alpha value is -2.37. The van der Waals surface area contributed by atoms with Crippen LogP contribution in [-0.4, -0.2) is 50.3 Å². The molecule has 0 aliphatic carbocycles. The number of carbonyl (C=O) groups excluding carboxylic acids is 1. The van der Waals surface area contributed by atoms with Gasteiger partial charge in [0.05, 0.1) is 5.41 Å². The van der Waals surface area contributed by atoms with E-state index >= 15 is 0 Å². The predicted octanol–water partition coefficient (Wildman–Crippen LogP) is 5.04. The van der Waals surface area contributed by atoms with Crippen molar-refractivity contribution < 1.29 is 14.3 Å². The van der Waals surface area contributed by atoms with Gasteiger partial charge in [-0.05, 0) is 67.9 Å². The van der Waals surface area contributed by atoms with Crippen molar-refractivity contribution >= 4 is 11.6 Å². The van der Waals surface area contributed by atoms with E-state index in [9.17, 15) is 4.79 Å². The minimum absolute atomic E-state index is 0.0402. The topological polar surface area (TPSA) is 50.8 Å². The van der Waals surface area contributed by atoms with E-state index in [-0.39, 0.29) is 5.91 Å². The van der Waals surface area contributed by atoms with Crippen molar-refractivity contribution in [3.05, 3.63) is 59.7 Å². The Bertz CT molecular complexity index is 911. The summed E-state index contributed by atoms with van der Waals surface area (Å²) in [6.45, 7) is 11.9. The number of benzene rings is 2. The third-order valence-electron chi connectivity index (χ3n) is 7.08. The monoisotopic (exact) mass is 450 g/mol. The summed E-state index contributed by atoms with van der Waals surface area (Å²) >= 11 is 0. The molecule has 0 spiro atoms. The van der Waals surface area contributed by atoms with E-state index in [2.05, 4.69) is 49.2 Å². The second kappa shape index (κ2) is 10.7. The van der Waals surface area contributed by atoms with Crippen LogP contribution >= 0.6 is 0 Å². The van der Waals surface area contributed by atoms with Crippen LogP contribution in [-0.2, 0) is 14.9 Å². The molecule has 0 radical (unpaired) electrons. The van der Waals surface area contributed by atoms with Crippen LogP contribution in [0.15, 0.2) is 48.5 Å². The molecule has 0 aromatic heterocycles. The highest BCUT2D eigenvalue weighted by molar-refractivity contribution is 5.99. The van der Waals surface area contributed by atoms with Gasteiger partial charge in [-0.15, -0.1) is 0 Å². The third kappa shape index (κ3) is 5.96. The molecule has 5 heteroatoms. The molecule has 33 heavy (non-hydrogen) atoms. The second-order valence-electron chi connectivity index (χ2n) is 10.1. The lowest BCUT2D eigenvalue weighted by Crippen LogP contribution is -2.44. The zero-order chi connectivity index (χ0) is 23.3. The number of hydrogen-bond donors (Lipinski definition) is 1. The number of anilines is 1. The number of nitrogens with one attached hydrogen (secondary N) is 1. The van der Waals surface area contributed by atoms with Crippen molar-refractivity contribution in [1.82, 2.24) is 4.90 Å². The molecular weight excluding hydrogens is 412 g/mol. The van der Waals surface area contributed by atoms with Crippen molar-refractivity contribution in [3.63, 3.8) is 0 Å². The first-order valence-electron chi connectivity index (χ1n) is 12.4. The summed E-state index contributed by atoms with van der Waals surface area (Å²) in [5.74, 6) is 2.40. The first kappa shape index (κ1) is 23.8. The van der Waals surface area contributed by atoms with Crippen molar-refractivity contribution in [2.75, 3.05) is 44.8 Å². The van der Waals surface area contributed by atoms with Gasteiger partial charge >= 0.3 is 0 Å². The van der Waals surface area contributed by atoms with Crippen LogP contribution in [0.3, 0.4) is 0 Å². The van der Waals surface area contributed by atoms with Crippen molar-refractivity contribution in [2.45, 2.75) is 45.4 Å². The number of amides is 1. The van der Waals surface area contributed by atoms with E-state index in [1.54, 1.807) is 0 Å². The normalized spacial score (nSPS) is 23.1. The Labute approximate surface area is 198 Å². The number of hydrogen-bond acceptors (Lipinski definition) is 4. The van der Waals surface area contributed by atoms with Crippen molar-refractivity contribution in [3.8, 4) is 5.75 Å². The highest BCUT2D eigenvalue weighted by atomic mass is 16.5. The third-order valence-corrected chi connectivity index (χ3v) is 7.08. The fourth-order valence-electron chi connectivity index (χ4n) is 5.46. The van der Waals surface area contributed by atoms with Gasteiger partial charge in [0.15, 0.2) is 0 Å². The largest absolute Gasteiger partial charge is 0.492 e. The molecule has 2 aliphatic heterocycles. The van der Waals surface area contributed by atoms with E-state index in [0.717, 1.165) is 48.5 Å². The summed E-state index contributed by atoms with van der Waals surface area (Å²) in [6, 6.07) is 16.1. The molecule has 2 aromatic carbocycles. The van der Waals surface area contributed by atoms with Gasteiger partial charge < -0.3 is 14.8 Å². The maximum atomic E-state index is 13.5. The lowest BCUT2D eigenvalue weighted by atomic mass is 9.73. The van der Waals surface area contributed by atoms with Gasteiger partial charge in [0.1, 0.15) is 12.4 Å². The number of aryl methyl sites for hydroxylation is 1. The molecule has 0 saturated carbocycles. The van der Waals surface area contributed by atoms with E-state index in [4.69, 9.17) is 9.47 Å². The van der Waals surface area contributed by atoms with Crippen LogP contribution in [0.25, 0.3) is 0 Å². The van der Waals surface area contributed by atoms with Gasteiger partial charge in [0, 0.05) is 38.5 Å². The molecule has 0 bridgehead atoms. The molecule has 5 nitrogen and oxygen atoms in total. The molecule has 1 amide bonds. The van der Waals surface area contributed by atoms with Crippen molar-refractivity contribution in [1.29, 1.82) is 0 Å². The Kier molecular flexibility index (Phi) is 7.71. The highest BCUT2D eigenvalue weighted by Gasteiger charge is 2.41. The molecule has 4 rings (SSSR count). The van der Waals surface area contributed by atoms with Crippen LogP contribution < -0.4 is 10.1 Å². The first-order chi connectivity index (χ1) is 15.9. The summed E-state index contributed by atoms with van der Waals surface area (Å²) in [5.41, 5.74) is 2.48. The second-order valence-corrected chi connectivity index (χ2v) is 10.1. The molecule has 1 N–H and O–H groups in total. The molecule has 2 aliphatic rings. The lowest BCUT2D eigenvalue weighted by molar-refractivity contribution is -0.125. The summed E-state index contributed by atoms with van der Waals surface area (Å²) in [6.07, 6.45) is 2.71. The average Bonchev–Trinajstić information content (AvgIpc) is 2.80. The summed E-state index contributed by atoms with van der Waals surface area (Å²) in [5, 5.41) is 3.16. The Morgan fingerprint density at radius 2 is 1.79 bits per heavy atom. The molecule has 2 aromatic rings. The fourth-order valence-corrected chi connectivity index (χ4v) is 5.46. The Balaban J connectivity index is 1.35. The highest BCUT2D eigenvalue weighted by Crippen LogP contribution is 2.36. The Morgan fingerprint density at radius 3 is 2.45 bits per heavy atom. The number of likely N-dealkylation sites (tertiary alicyclic amines) is 1. The Morgan fingerprint density at radius 1 is 1.09 bits per heavy atom. The maximum absolute atomic E-state index is 13.5. The van der Waals surface area contributed by atoms with Crippen LogP contribution in [0.5, 0.6) is 5.75 Å². The van der Waals surface area contributed by atoms with Gasteiger partial charge in [-0.2, -0.15) is 0 Å². The van der Waals surface area contributed by atoms with E-state index < -0.39 is 5.41 Å².